The highest BCUT2D eigenvalue weighted by Crippen LogP contribution is 2.29. The van der Waals surface area contributed by atoms with Crippen LogP contribution < -0.4 is 4.74 Å². The number of amides is 1. The molecular formula is C23H34N4O2. The summed E-state index contributed by atoms with van der Waals surface area (Å²) in [7, 11) is 7.46. The number of fused-ring (bicyclic) bond motifs is 1. The third kappa shape index (κ3) is 4.81. The number of rotatable bonds is 7. The molecule has 1 aromatic heterocycles. The molecule has 0 spiro atoms. The second-order valence-electron chi connectivity index (χ2n) is 8.71. The normalized spacial score (nSPS) is 16.2. The molecule has 0 radical (unpaired) electrons. The molecule has 0 N–H and O–H groups in total. The van der Waals surface area contributed by atoms with Gasteiger partial charge in [-0.05, 0) is 49.9 Å². The summed E-state index contributed by atoms with van der Waals surface area (Å²) >= 11 is 0. The average molecular weight is 399 g/mol. The third-order valence-electron chi connectivity index (χ3n) is 5.66. The Morgan fingerprint density at radius 3 is 2.72 bits per heavy atom. The fraction of sp³-hybridized carbons (Fsp3) is 0.565. The number of hydrogen-bond acceptors (Lipinski definition) is 4. The molecule has 1 atom stereocenters. The third-order valence-corrected chi connectivity index (χ3v) is 5.66. The molecule has 1 unspecified atom stereocenters. The van der Waals surface area contributed by atoms with Crippen LogP contribution in [-0.2, 0) is 25.9 Å². The maximum absolute atomic E-state index is 12.8. The zero-order valence-corrected chi connectivity index (χ0v) is 18.6. The lowest BCUT2D eigenvalue weighted by Gasteiger charge is -2.32. The van der Waals surface area contributed by atoms with Gasteiger partial charge >= 0.3 is 0 Å². The topological polar surface area (TPSA) is 50.6 Å². The zero-order chi connectivity index (χ0) is 21.1. The van der Waals surface area contributed by atoms with Gasteiger partial charge in [0.05, 0.1) is 7.11 Å². The quantitative estimate of drug-likeness (QED) is 0.718. The lowest BCUT2D eigenvalue weighted by atomic mass is 9.90. The molecule has 0 saturated heterocycles. The number of hydrogen-bond donors (Lipinski definition) is 0. The van der Waals surface area contributed by atoms with E-state index < -0.39 is 0 Å². The van der Waals surface area contributed by atoms with Gasteiger partial charge in [-0.15, -0.1) is 0 Å². The van der Waals surface area contributed by atoms with Gasteiger partial charge in [-0.1, -0.05) is 26.0 Å². The van der Waals surface area contributed by atoms with Gasteiger partial charge in [0.2, 0.25) is 0 Å². The smallest absolute Gasteiger partial charge is 0.274 e. The summed E-state index contributed by atoms with van der Waals surface area (Å²) in [6, 6.07) is 8.62. The second kappa shape index (κ2) is 8.99. The summed E-state index contributed by atoms with van der Waals surface area (Å²) in [6.07, 6.45) is 2.90. The molecule has 1 aliphatic rings. The van der Waals surface area contributed by atoms with Crippen LogP contribution in [0.5, 0.6) is 5.75 Å². The Labute approximate surface area is 174 Å². The van der Waals surface area contributed by atoms with Crippen molar-refractivity contribution in [3.05, 3.63) is 46.8 Å². The predicted molar refractivity (Wildman–Crippen MR) is 115 cm³/mol. The Bertz CT molecular complexity index is 857. The van der Waals surface area contributed by atoms with Gasteiger partial charge in [0.1, 0.15) is 5.75 Å². The molecule has 1 heterocycles. The number of aromatic nitrogens is 2. The predicted octanol–water partition coefficient (Wildman–Crippen LogP) is 3.24. The fourth-order valence-electron chi connectivity index (χ4n) is 4.11. The van der Waals surface area contributed by atoms with Crippen molar-refractivity contribution in [3.63, 3.8) is 0 Å². The van der Waals surface area contributed by atoms with E-state index in [9.17, 15) is 4.79 Å². The van der Waals surface area contributed by atoms with Gasteiger partial charge in [0.25, 0.3) is 5.91 Å². The molecule has 0 fully saturated rings. The van der Waals surface area contributed by atoms with E-state index in [-0.39, 0.29) is 5.91 Å². The summed E-state index contributed by atoms with van der Waals surface area (Å²) in [5.41, 5.74) is 4.25. The van der Waals surface area contributed by atoms with Crippen molar-refractivity contribution in [1.29, 1.82) is 0 Å². The van der Waals surface area contributed by atoms with E-state index in [4.69, 9.17) is 9.84 Å². The van der Waals surface area contributed by atoms with Crippen molar-refractivity contribution in [2.24, 2.45) is 5.92 Å². The van der Waals surface area contributed by atoms with Crippen LogP contribution >= 0.6 is 0 Å². The van der Waals surface area contributed by atoms with E-state index in [1.807, 2.05) is 12.1 Å². The van der Waals surface area contributed by atoms with Gasteiger partial charge in [-0.25, -0.2) is 0 Å². The SMILES string of the molecule is COc1cccc(CN(C)C2CCc3c(c(C(=O)N(C)C)nn3CC(C)C)C2)c1. The average Bonchev–Trinajstić information content (AvgIpc) is 3.04. The molecule has 158 valence electrons. The molecule has 0 bridgehead atoms. The molecule has 2 aromatic rings. The fourth-order valence-corrected chi connectivity index (χ4v) is 4.11. The Kier molecular flexibility index (Phi) is 6.63. The van der Waals surface area contributed by atoms with Crippen LogP contribution in [0.1, 0.15) is 47.6 Å². The Morgan fingerprint density at radius 1 is 1.31 bits per heavy atom. The van der Waals surface area contributed by atoms with Crippen LogP contribution in [0.15, 0.2) is 24.3 Å². The molecule has 0 saturated carbocycles. The summed E-state index contributed by atoms with van der Waals surface area (Å²) in [6.45, 7) is 6.09. The minimum absolute atomic E-state index is 0.000134. The second-order valence-corrected chi connectivity index (χ2v) is 8.71. The number of carbonyl (C=O) groups excluding carboxylic acids is 1. The lowest BCUT2D eigenvalue weighted by Crippen LogP contribution is -2.37. The number of carbonyl (C=O) groups is 1. The van der Waals surface area contributed by atoms with Crippen molar-refractivity contribution < 1.29 is 9.53 Å². The van der Waals surface area contributed by atoms with Crippen molar-refractivity contribution in [2.75, 3.05) is 28.3 Å². The zero-order valence-electron chi connectivity index (χ0n) is 18.6. The molecule has 29 heavy (non-hydrogen) atoms. The van der Waals surface area contributed by atoms with Crippen LogP contribution in [0, 0.1) is 5.92 Å². The highest BCUT2D eigenvalue weighted by Gasteiger charge is 2.31. The molecule has 6 nitrogen and oxygen atoms in total. The number of nitrogens with zero attached hydrogens (tertiary/aromatic N) is 4. The first kappa shape index (κ1) is 21.4. The van der Waals surface area contributed by atoms with E-state index in [1.165, 1.54) is 11.3 Å². The van der Waals surface area contributed by atoms with Crippen LogP contribution in [-0.4, -0.2) is 59.8 Å². The Balaban J connectivity index is 1.82. The van der Waals surface area contributed by atoms with Gasteiger partial charge < -0.3 is 9.64 Å². The van der Waals surface area contributed by atoms with E-state index in [1.54, 1.807) is 26.1 Å². The minimum atomic E-state index is -0.000134. The largest absolute Gasteiger partial charge is 0.497 e. The lowest BCUT2D eigenvalue weighted by molar-refractivity contribution is 0.0819. The minimum Gasteiger partial charge on any atom is -0.497 e. The summed E-state index contributed by atoms with van der Waals surface area (Å²) in [5, 5.41) is 4.74. The summed E-state index contributed by atoms with van der Waals surface area (Å²) in [5.74, 6) is 1.38. The van der Waals surface area contributed by atoms with Crippen LogP contribution in [0.25, 0.3) is 0 Å². The molecule has 1 amide bonds. The molecular weight excluding hydrogens is 364 g/mol. The van der Waals surface area contributed by atoms with Crippen molar-refractivity contribution in [3.8, 4) is 5.75 Å². The Hall–Kier alpha value is -2.34. The maximum Gasteiger partial charge on any atom is 0.274 e. The first-order valence-electron chi connectivity index (χ1n) is 10.4. The number of likely N-dealkylation sites (N-methyl/N-ethyl adjacent to an activating group) is 1. The van der Waals surface area contributed by atoms with Crippen LogP contribution in [0.2, 0.25) is 0 Å². The van der Waals surface area contributed by atoms with Gasteiger partial charge in [0.15, 0.2) is 5.69 Å². The van der Waals surface area contributed by atoms with E-state index in [0.717, 1.165) is 43.7 Å². The van der Waals surface area contributed by atoms with Gasteiger partial charge in [0, 0.05) is 44.5 Å². The first-order valence-corrected chi connectivity index (χ1v) is 10.4. The first-order chi connectivity index (χ1) is 13.8. The Morgan fingerprint density at radius 2 is 2.07 bits per heavy atom. The van der Waals surface area contributed by atoms with Gasteiger partial charge in [-0.3, -0.25) is 14.4 Å². The summed E-state index contributed by atoms with van der Waals surface area (Å²) in [4.78, 5) is 16.8. The van der Waals surface area contributed by atoms with E-state index in [2.05, 4.69) is 42.6 Å². The number of ether oxygens (including phenoxy) is 1. The number of methoxy groups -OCH3 is 1. The van der Waals surface area contributed by atoms with Crippen LogP contribution in [0.3, 0.4) is 0 Å². The van der Waals surface area contributed by atoms with Gasteiger partial charge in [-0.2, -0.15) is 5.10 Å². The van der Waals surface area contributed by atoms with Crippen molar-refractivity contribution in [2.45, 2.75) is 52.2 Å². The van der Waals surface area contributed by atoms with Crippen molar-refractivity contribution in [1.82, 2.24) is 19.6 Å². The summed E-state index contributed by atoms with van der Waals surface area (Å²) < 4.78 is 7.43. The molecule has 3 rings (SSSR count). The molecule has 1 aromatic carbocycles. The monoisotopic (exact) mass is 398 g/mol. The van der Waals surface area contributed by atoms with E-state index in [0.29, 0.717) is 17.7 Å². The molecule has 0 aliphatic heterocycles. The van der Waals surface area contributed by atoms with Crippen LogP contribution in [0.4, 0.5) is 0 Å². The molecule has 1 aliphatic carbocycles. The van der Waals surface area contributed by atoms with E-state index >= 15 is 0 Å². The highest BCUT2D eigenvalue weighted by molar-refractivity contribution is 5.93. The van der Waals surface area contributed by atoms with Crippen molar-refractivity contribution >= 4 is 5.91 Å². The number of benzene rings is 1. The standard InChI is InChI=1S/C23H34N4O2/c1-16(2)14-27-21-11-10-18(13-20(21)22(24-27)23(28)25(3)4)26(5)15-17-8-7-9-19(12-17)29-6/h7-9,12,16,18H,10-11,13-15H2,1-6H3. The highest BCUT2D eigenvalue weighted by atomic mass is 16.5. The maximum atomic E-state index is 12.8. The molecule has 6 heteroatoms.